The summed E-state index contributed by atoms with van der Waals surface area (Å²) in [5, 5.41) is 7.88. The predicted octanol–water partition coefficient (Wildman–Crippen LogP) is 3.56. The van der Waals surface area contributed by atoms with E-state index in [4.69, 9.17) is 5.41 Å². The third kappa shape index (κ3) is 3.99. The fourth-order valence-corrected chi connectivity index (χ4v) is 2.15. The largest absolute Gasteiger partial charge is 0.305 e. The molecule has 88 valence electrons. The quantitative estimate of drug-likeness (QED) is 0.822. The molecule has 1 aliphatic carbocycles. The van der Waals surface area contributed by atoms with E-state index < -0.39 is 0 Å². The summed E-state index contributed by atoms with van der Waals surface area (Å²) in [4.78, 5) is 4.37. The fourth-order valence-electron chi connectivity index (χ4n) is 2.15. The van der Waals surface area contributed by atoms with Crippen LogP contribution in [-0.2, 0) is 6.42 Å². The number of nitrogens with zero attached hydrogens (tertiary/aromatic N) is 1. The molecular formula is C15H18N2. The van der Waals surface area contributed by atoms with E-state index in [1.54, 1.807) is 0 Å². The third-order valence-electron chi connectivity index (χ3n) is 3.02. The number of hydrogen-bond donors (Lipinski definition) is 1. The molecule has 0 amide bonds. The molecule has 0 spiro atoms. The molecule has 0 radical (unpaired) electrons. The molecule has 17 heavy (non-hydrogen) atoms. The Kier molecular flexibility index (Phi) is 4.25. The van der Waals surface area contributed by atoms with Crippen molar-refractivity contribution in [2.24, 2.45) is 5.92 Å². The van der Waals surface area contributed by atoms with Crippen LogP contribution >= 0.6 is 0 Å². The Bertz CT molecular complexity index is 418. The van der Waals surface area contributed by atoms with Crippen LogP contribution in [0.25, 0.3) is 0 Å². The van der Waals surface area contributed by atoms with Gasteiger partial charge in [-0.2, -0.15) is 0 Å². The van der Waals surface area contributed by atoms with Gasteiger partial charge in [-0.05, 0) is 49.8 Å². The molecule has 1 heterocycles. The molecule has 0 saturated carbocycles. The van der Waals surface area contributed by atoms with Crippen molar-refractivity contribution < 1.29 is 0 Å². The van der Waals surface area contributed by atoms with Crippen molar-refractivity contribution in [2.75, 3.05) is 0 Å². The first-order valence-corrected chi connectivity index (χ1v) is 6.15. The Morgan fingerprint density at radius 1 is 1.29 bits per heavy atom. The van der Waals surface area contributed by atoms with Crippen molar-refractivity contribution >= 4 is 5.71 Å². The molecule has 1 aromatic heterocycles. The Labute approximate surface area is 103 Å². The van der Waals surface area contributed by atoms with E-state index in [0.717, 1.165) is 37.1 Å². The van der Waals surface area contributed by atoms with Crippen LogP contribution in [0.1, 0.15) is 25.0 Å². The number of allylic oxidation sites excluding steroid dienone is 4. The van der Waals surface area contributed by atoms with Crippen LogP contribution in [0.15, 0.2) is 48.7 Å². The zero-order valence-electron chi connectivity index (χ0n) is 9.97. The topological polar surface area (TPSA) is 36.7 Å². The number of aromatic nitrogens is 1. The molecule has 2 rings (SSSR count). The first-order valence-electron chi connectivity index (χ1n) is 6.15. The van der Waals surface area contributed by atoms with E-state index in [1.165, 1.54) is 0 Å². The van der Waals surface area contributed by atoms with E-state index in [2.05, 4.69) is 17.1 Å². The summed E-state index contributed by atoms with van der Waals surface area (Å²) >= 11 is 0. The average Bonchev–Trinajstić information content (AvgIpc) is 2.43. The third-order valence-corrected chi connectivity index (χ3v) is 3.02. The summed E-state index contributed by atoms with van der Waals surface area (Å²) in [7, 11) is 0. The number of hydrogen-bond acceptors (Lipinski definition) is 2. The van der Waals surface area contributed by atoms with Gasteiger partial charge >= 0.3 is 0 Å². The molecule has 1 atom stereocenters. The molecule has 0 aliphatic heterocycles. The lowest BCUT2D eigenvalue weighted by atomic mass is 9.92. The molecule has 0 saturated heterocycles. The van der Waals surface area contributed by atoms with Gasteiger partial charge in [0.15, 0.2) is 0 Å². The van der Waals surface area contributed by atoms with Crippen LogP contribution in [0.4, 0.5) is 0 Å². The van der Waals surface area contributed by atoms with E-state index in [0.29, 0.717) is 5.92 Å². The van der Waals surface area contributed by atoms with Crippen LogP contribution in [0.3, 0.4) is 0 Å². The second kappa shape index (κ2) is 6.14. The summed E-state index contributed by atoms with van der Waals surface area (Å²) in [6.07, 6.45) is 14.0. The smallest absolute Gasteiger partial charge is 0.0406 e. The predicted molar refractivity (Wildman–Crippen MR) is 71.3 cm³/mol. The normalized spacial score (nSPS) is 24.5. The van der Waals surface area contributed by atoms with Crippen LogP contribution in [-0.4, -0.2) is 10.7 Å². The minimum atomic E-state index is 0.532. The van der Waals surface area contributed by atoms with Crippen molar-refractivity contribution in [1.29, 1.82) is 5.41 Å². The van der Waals surface area contributed by atoms with Crippen LogP contribution < -0.4 is 0 Å². The minimum absolute atomic E-state index is 0.532. The number of nitrogens with one attached hydrogen (secondary N) is 1. The molecule has 1 N–H and O–H groups in total. The Hall–Kier alpha value is -1.70. The second-order valence-corrected chi connectivity index (χ2v) is 4.49. The highest BCUT2D eigenvalue weighted by atomic mass is 14.7. The molecule has 1 aliphatic rings. The summed E-state index contributed by atoms with van der Waals surface area (Å²) in [6.45, 7) is 0. The van der Waals surface area contributed by atoms with E-state index >= 15 is 0 Å². The van der Waals surface area contributed by atoms with Crippen LogP contribution in [0.2, 0.25) is 0 Å². The molecule has 2 nitrogen and oxygen atoms in total. The summed E-state index contributed by atoms with van der Waals surface area (Å²) in [6, 6.07) is 6.05. The maximum absolute atomic E-state index is 7.88. The first-order chi connectivity index (χ1) is 8.34. The first kappa shape index (κ1) is 11.8. The van der Waals surface area contributed by atoms with Crippen molar-refractivity contribution in [2.45, 2.75) is 25.7 Å². The monoisotopic (exact) mass is 226 g/mol. The number of rotatable bonds is 2. The van der Waals surface area contributed by atoms with Gasteiger partial charge in [-0.3, -0.25) is 4.98 Å². The van der Waals surface area contributed by atoms with Crippen molar-refractivity contribution in [1.82, 2.24) is 4.98 Å². The molecule has 0 fully saturated rings. The minimum Gasteiger partial charge on any atom is -0.305 e. The molecule has 0 bridgehead atoms. The van der Waals surface area contributed by atoms with Crippen molar-refractivity contribution in [3.63, 3.8) is 0 Å². The number of pyridine rings is 1. The average molecular weight is 226 g/mol. The fraction of sp³-hybridized carbons (Fsp3) is 0.333. The summed E-state index contributed by atoms with van der Waals surface area (Å²) < 4.78 is 0. The van der Waals surface area contributed by atoms with E-state index in [1.807, 2.05) is 36.6 Å². The molecule has 2 heteroatoms. The highest BCUT2D eigenvalue weighted by molar-refractivity contribution is 5.92. The maximum Gasteiger partial charge on any atom is 0.0406 e. The molecule has 1 aromatic rings. The zero-order chi connectivity index (χ0) is 11.9. The van der Waals surface area contributed by atoms with Gasteiger partial charge in [-0.15, -0.1) is 0 Å². The van der Waals surface area contributed by atoms with E-state index in [-0.39, 0.29) is 0 Å². The lowest BCUT2D eigenvalue weighted by Gasteiger charge is -2.14. The summed E-state index contributed by atoms with van der Waals surface area (Å²) in [5.41, 5.74) is 1.86. The van der Waals surface area contributed by atoms with Gasteiger partial charge in [0.1, 0.15) is 0 Å². The van der Waals surface area contributed by atoms with Gasteiger partial charge in [-0.1, -0.05) is 24.3 Å². The second-order valence-electron chi connectivity index (χ2n) is 4.49. The van der Waals surface area contributed by atoms with Gasteiger partial charge < -0.3 is 5.41 Å². The van der Waals surface area contributed by atoms with Crippen molar-refractivity contribution in [3.05, 3.63) is 54.4 Å². The van der Waals surface area contributed by atoms with Crippen LogP contribution in [0, 0.1) is 11.3 Å². The Balaban J connectivity index is 2.01. The standard InChI is InChI=1S/C15H18N2/c16-14-8-4-2-1-3-7-13(11-14)12-15-9-5-6-10-17-15/h1-2,4-6,8-10,13,16H,3,7,11-12H2/b2-1-,8-4-,16-14?/t13-/m0/s1. The molecule has 0 aromatic carbocycles. The lowest BCUT2D eigenvalue weighted by molar-refractivity contribution is 0.500. The Morgan fingerprint density at radius 2 is 2.24 bits per heavy atom. The molecular weight excluding hydrogens is 208 g/mol. The Morgan fingerprint density at radius 3 is 3.06 bits per heavy atom. The van der Waals surface area contributed by atoms with Gasteiger partial charge in [-0.25, -0.2) is 0 Å². The highest BCUT2D eigenvalue weighted by Gasteiger charge is 2.12. The van der Waals surface area contributed by atoms with Gasteiger partial charge in [0.05, 0.1) is 0 Å². The van der Waals surface area contributed by atoms with Gasteiger partial charge in [0, 0.05) is 17.6 Å². The zero-order valence-corrected chi connectivity index (χ0v) is 9.97. The van der Waals surface area contributed by atoms with Gasteiger partial charge in [0.25, 0.3) is 0 Å². The van der Waals surface area contributed by atoms with Crippen molar-refractivity contribution in [3.8, 4) is 0 Å². The van der Waals surface area contributed by atoms with Crippen LogP contribution in [0.5, 0.6) is 0 Å². The lowest BCUT2D eigenvalue weighted by Crippen LogP contribution is -2.10. The molecule has 0 unspecified atom stereocenters. The SMILES string of the molecule is N=C1/C=C\C=C/CC[C@H](Cc2ccccn2)C1. The van der Waals surface area contributed by atoms with E-state index in [9.17, 15) is 0 Å². The van der Waals surface area contributed by atoms with Gasteiger partial charge in [0.2, 0.25) is 0 Å². The summed E-state index contributed by atoms with van der Waals surface area (Å²) in [5.74, 6) is 0.532. The highest BCUT2D eigenvalue weighted by Crippen LogP contribution is 2.19. The maximum atomic E-state index is 7.88.